The third kappa shape index (κ3) is 3.17. The van der Waals surface area contributed by atoms with E-state index in [-0.39, 0.29) is 11.2 Å². The van der Waals surface area contributed by atoms with Crippen LogP contribution in [-0.2, 0) is 11.2 Å². The van der Waals surface area contributed by atoms with Gasteiger partial charge in [0.1, 0.15) is 0 Å². The third-order valence-electron chi connectivity index (χ3n) is 3.47. The molecule has 21 heavy (non-hydrogen) atoms. The van der Waals surface area contributed by atoms with E-state index in [0.717, 1.165) is 23.4 Å². The van der Waals surface area contributed by atoms with E-state index >= 15 is 0 Å². The van der Waals surface area contributed by atoms with E-state index in [1.54, 1.807) is 12.1 Å². The molecule has 3 N–H and O–H groups in total. The number of amides is 1. The lowest BCUT2D eigenvalue weighted by molar-refractivity contribution is -0.115. The van der Waals surface area contributed by atoms with Crippen LogP contribution in [0.1, 0.15) is 12.0 Å². The molecule has 0 aliphatic carbocycles. The van der Waals surface area contributed by atoms with E-state index in [2.05, 4.69) is 11.4 Å². The smallest absolute Gasteiger partial charge is 0.237 e. The summed E-state index contributed by atoms with van der Waals surface area (Å²) >= 11 is 7.66. The van der Waals surface area contributed by atoms with E-state index in [0.29, 0.717) is 10.7 Å². The average Bonchev–Trinajstić information content (AvgIpc) is 2.62. The largest absolute Gasteiger partial charge is 0.399 e. The number of hydrogen-bond donors (Lipinski definition) is 2. The second-order valence-electron chi connectivity index (χ2n) is 4.98. The zero-order chi connectivity index (χ0) is 14.8. The van der Waals surface area contributed by atoms with Gasteiger partial charge in [-0.2, -0.15) is 0 Å². The van der Waals surface area contributed by atoms with Gasteiger partial charge >= 0.3 is 0 Å². The Morgan fingerprint density at radius 2 is 2.05 bits per heavy atom. The Bertz CT molecular complexity index is 690. The van der Waals surface area contributed by atoms with Crippen molar-refractivity contribution in [1.29, 1.82) is 0 Å². The molecule has 0 saturated carbocycles. The summed E-state index contributed by atoms with van der Waals surface area (Å²) in [7, 11) is 0. The molecule has 1 aliphatic heterocycles. The zero-order valence-electron chi connectivity index (χ0n) is 11.3. The number of thioether (sulfide) groups is 1. The molecule has 0 aromatic heterocycles. The summed E-state index contributed by atoms with van der Waals surface area (Å²) in [5, 5.41) is 3.45. The van der Waals surface area contributed by atoms with E-state index < -0.39 is 0 Å². The maximum absolute atomic E-state index is 12.4. The molecular weight excluding hydrogens is 304 g/mol. The first kappa shape index (κ1) is 14.3. The molecule has 5 heteroatoms. The second kappa shape index (κ2) is 6.00. The van der Waals surface area contributed by atoms with Crippen molar-refractivity contribution < 1.29 is 4.79 Å². The van der Waals surface area contributed by atoms with Gasteiger partial charge in [0.05, 0.1) is 10.3 Å². The number of nitrogen functional groups attached to an aromatic ring is 1. The summed E-state index contributed by atoms with van der Waals surface area (Å²) in [4.78, 5) is 13.2. The normalized spacial score (nSPS) is 17.8. The van der Waals surface area contributed by atoms with Crippen molar-refractivity contribution >= 4 is 40.6 Å². The molecule has 1 aliphatic rings. The SMILES string of the molecule is Nc1ccc(Cl)c(SC2CCc3ccccc3NC2=O)c1. The molecule has 108 valence electrons. The molecular formula is C16H15ClN2OS. The highest BCUT2D eigenvalue weighted by molar-refractivity contribution is 8.00. The summed E-state index contributed by atoms with van der Waals surface area (Å²) in [6.45, 7) is 0. The summed E-state index contributed by atoms with van der Waals surface area (Å²) in [5.41, 5.74) is 8.53. The van der Waals surface area contributed by atoms with Gasteiger partial charge in [-0.3, -0.25) is 4.79 Å². The second-order valence-corrected chi connectivity index (χ2v) is 6.63. The lowest BCUT2D eigenvalue weighted by atomic mass is 10.1. The number of rotatable bonds is 2. The first-order valence-corrected chi connectivity index (χ1v) is 8.00. The molecule has 0 bridgehead atoms. The van der Waals surface area contributed by atoms with Crippen LogP contribution in [-0.4, -0.2) is 11.2 Å². The number of hydrogen-bond acceptors (Lipinski definition) is 3. The molecule has 0 saturated heterocycles. The molecule has 0 spiro atoms. The highest BCUT2D eigenvalue weighted by Gasteiger charge is 2.25. The van der Waals surface area contributed by atoms with Crippen LogP contribution in [0.4, 0.5) is 11.4 Å². The number of halogens is 1. The molecule has 1 atom stereocenters. The Morgan fingerprint density at radius 3 is 2.90 bits per heavy atom. The summed E-state index contributed by atoms with van der Waals surface area (Å²) in [6, 6.07) is 13.3. The lowest BCUT2D eigenvalue weighted by Crippen LogP contribution is -2.23. The fraction of sp³-hybridized carbons (Fsp3) is 0.188. The Hall–Kier alpha value is -1.65. The van der Waals surface area contributed by atoms with Gasteiger partial charge in [0.15, 0.2) is 0 Å². The molecule has 2 aromatic rings. The van der Waals surface area contributed by atoms with Gasteiger partial charge < -0.3 is 11.1 Å². The molecule has 1 heterocycles. The van der Waals surface area contributed by atoms with Crippen LogP contribution in [0.2, 0.25) is 5.02 Å². The van der Waals surface area contributed by atoms with Crippen LogP contribution >= 0.6 is 23.4 Å². The molecule has 0 fully saturated rings. The monoisotopic (exact) mass is 318 g/mol. The third-order valence-corrected chi connectivity index (χ3v) is 5.24. The first-order chi connectivity index (χ1) is 10.1. The quantitative estimate of drug-likeness (QED) is 0.824. The Balaban J connectivity index is 1.81. The topological polar surface area (TPSA) is 55.1 Å². The maximum Gasteiger partial charge on any atom is 0.237 e. The van der Waals surface area contributed by atoms with Gasteiger partial charge in [-0.1, -0.05) is 29.8 Å². The van der Waals surface area contributed by atoms with Crippen LogP contribution in [0.3, 0.4) is 0 Å². The van der Waals surface area contributed by atoms with Crippen molar-refractivity contribution in [1.82, 2.24) is 0 Å². The molecule has 0 radical (unpaired) electrons. The Morgan fingerprint density at radius 1 is 1.24 bits per heavy atom. The van der Waals surface area contributed by atoms with Gasteiger partial charge in [0.25, 0.3) is 0 Å². The number of para-hydroxylation sites is 1. The number of benzene rings is 2. The standard InChI is InChI=1S/C16H15ClN2OS/c17-12-7-6-11(18)9-15(12)21-14-8-5-10-3-1-2-4-13(10)19-16(14)20/h1-4,6-7,9,14H,5,8,18H2,(H,19,20). The molecule has 3 nitrogen and oxygen atoms in total. The molecule has 2 aromatic carbocycles. The van der Waals surface area contributed by atoms with Crippen molar-refractivity contribution in [3.05, 3.63) is 53.1 Å². The molecule has 1 amide bonds. The summed E-state index contributed by atoms with van der Waals surface area (Å²) < 4.78 is 0. The number of fused-ring (bicyclic) bond motifs is 1. The summed E-state index contributed by atoms with van der Waals surface area (Å²) in [6.07, 6.45) is 1.64. The highest BCUT2D eigenvalue weighted by atomic mass is 35.5. The van der Waals surface area contributed by atoms with Crippen LogP contribution in [0, 0.1) is 0 Å². The van der Waals surface area contributed by atoms with Gasteiger partial charge in [-0.25, -0.2) is 0 Å². The van der Waals surface area contributed by atoms with E-state index in [9.17, 15) is 4.79 Å². The number of carbonyl (C=O) groups excluding carboxylic acids is 1. The Kier molecular flexibility index (Phi) is 4.08. The van der Waals surface area contributed by atoms with Crippen molar-refractivity contribution in [2.24, 2.45) is 0 Å². The predicted octanol–water partition coefficient (Wildman–Crippen LogP) is 3.97. The molecule has 1 unspecified atom stereocenters. The van der Waals surface area contributed by atoms with Gasteiger partial charge in [-0.05, 0) is 42.7 Å². The highest BCUT2D eigenvalue weighted by Crippen LogP contribution is 2.36. The van der Waals surface area contributed by atoms with Crippen molar-refractivity contribution in [2.45, 2.75) is 23.0 Å². The maximum atomic E-state index is 12.4. The minimum Gasteiger partial charge on any atom is -0.399 e. The van der Waals surface area contributed by atoms with E-state index in [1.165, 1.54) is 17.3 Å². The van der Waals surface area contributed by atoms with Crippen LogP contribution in [0.15, 0.2) is 47.4 Å². The predicted molar refractivity (Wildman–Crippen MR) is 88.9 cm³/mol. The minimum atomic E-state index is -0.170. The first-order valence-electron chi connectivity index (χ1n) is 6.74. The number of carbonyl (C=O) groups is 1. The number of nitrogens with two attached hydrogens (primary N) is 1. The van der Waals surface area contributed by atoms with Crippen LogP contribution < -0.4 is 11.1 Å². The van der Waals surface area contributed by atoms with Crippen molar-refractivity contribution in [2.75, 3.05) is 11.1 Å². The van der Waals surface area contributed by atoms with Gasteiger partial charge in [0, 0.05) is 16.3 Å². The van der Waals surface area contributed by atoms with Gasteiger partial charge in [0.2, 0.25) is 5.91 Å². The number of nitrogens with one attached hydrogen (secondary N) is 1. The van der Waals surface area contributed by atoms with Crippen LogP contribution in [0.5, 0.6) is 0 Å². The summed E-state index contributed by atoms with van der Waals surface area (Å²) in [5.74, 6) is 0.0171. The zero-order valence-corrected chi connectivity index (χ0v) is 12.9. The van der Waals surface area contributed by atoms with Crippen molar-refractivity contribution in [3.8, 4) is 0 Å². The fourth-order valence-corrected chi connectivity index (χ4v) is 3.71. The van der Waals surface area contributed by atoms with Gasteiger partial charge in [-0.15, -0.1) is 11.8 Å². The minimum absolute atomic E-state index is 0.0171. The van der Waals surface area contributed by atoms with Crippen LogP contribution in [0.25, 0.3) is 0 Å². The number of anilines is 2. The average molecular weight is 319 g/mol. The van der Waals surface area contributed by atoms with E-state index in [4.69, 9.17) is 17.3 Å². The lowest BCUT2D eigenvalue weighted by Gasteiger charge is -2.14. The Labute approximate surface area is 132 Å². The fourth-order valence-electron chi connectivity index (χ4n) is 2.37. The van der Waals surface area contributed by atoms with Crippen molar-refractivity contribution in [3.63, 3.8) is 0 Å². The number of aryl methyl sites for hydroxylation is 1. The van der Waals surface area contributed by atoms with E-state index in [1.807, 2.05) is 24.3 Å². The molecule has 3 rings (SSSR count).